The predicted molar refractivity (Wildman–Crippen MR) is 101 cm³/mol. The van der Waals surface area contributed by atoms with Crippen molar-refractivity contribution in [3.63, 3.8) is 0 Å². The van der Waals surface area contributed by atoms with Gasteiger partial charge in [-0.1, -0.05) is 20.8 Å². The van der Waals surface area contributed by atoms with Gasteiger partial charge in [0.15, 0.2) is 0 Å². The Balaban J connectivity index is 1.71. The zero-order valence-electron chi connectivity index (χ0n) is 15.7. The van der Waals surface area contributed by atoms with E-state index in [0.717, 1.165) is 23.4 Å². The molecule has 0 radical (unpaired) electrons. The molecule has 0 saturated carbocycles. The van der Waals surface area contributed by atoms with E-state index >= 15 is 0 Å². The van der Waals surface area contributed by atoms with Crippen molar-refractivity contribution in [3.05, 3.63) is 23.8 Å². The summed E-state index contributed by atoms with van der Waals surface area (Å²) in [4.78, 5) is 40.2. The van der Waals surface area contributed by atoms with Crippen molar-refractivity contribution >= 4 is 29.1 Å². The third-order valence-corrected chi connectivity index (χ3v) is 5.05. The van der Waals surface area contributed by atoms with Crippen molar-refractivity contribution in [2.75, 3.05) is 29.4 Å². The molecule has 1 atom stereocenters. The third-order valence-electron chi connectivity index (χ3n) is 5.05. The van der Waals surface area contributed by atoms with Crippen molar-refractivity contribution in [3.8, 4) is 0 Å². The molecule has 1 saturated heterocycles. The van der Waals surface area contributed by atoms with Gasteiger partial charge in [0.05, 0.1) is 5.92 Å². The Morgan fingerprint density at radius 2 is 2.08 bits per heavy atom. The standard InChI is InChI=1S/C20H27N3O3/c1-4-18(24)22-8-7-14-9-16(5-6-17(14)22)23-12-15(10-19(23)25)20(26)21-11-13(2)3/h5-6,9,13,15H,4,7-8,10-12H2,1-3H3,(H,21,26)/t15-/m1/s1. The Kier molecular flexibility index (Phi) is 5.30. The molecule has 2 heterocycles. The molecule has 3 amide bonds. The Bertz CT molecular complexity index is 729. The number of hydrogen-bond donors (Lipinski definition) is 1. The van der Waals surface area contributed by atoms with Crippen molar-refractivity contribution in [2.45, 2.75) is 40.0 Å². The van der Waals surface area contributed by atoms with Gasteiger partial charge in [-0.25, -0.2) is 0 Å². The molecular formula is C20H27N3O3. The van der Waals surface area contributed by atoms with Crippen LogP contribution in [0.3, 0.4) is 0 Å². The second-order valence-electron chi connectivity index (χ2n) is 7.51. The number of rotatable bonds is 5. The van der Waals surface area contributed by atoms with Gasteiger partial charge in [0.2, 0.25) is 17.7 Å². The highest BCUT2D eigenvalue weighted by molar-refractivity contribution is 6.01. The first-order valence-electron chi connectivity index (χ1n) is 9.42. The summed E-state index contributed by atoms with van der Waals surface area (Å²) in [6.07, 6.45) is 1.54. The van der Waals surface area contributed by atoms with Crippen LogP contribution < -0.4 is 15.1 Å². The smallest absolute Gasteiger partial charge is 0.227 e. The van der Waals surface area contributed by atoms with Crippen LogP contribution in [-0.2, 0) is 20.8 Å². The van der Waals surface area contributed by atoms with E-state index in [9.17, 15) is 14.4 Å². The molecule has 1 aromatic rings. The van der Waals surface area contributed by atoms with E-state index < -0.39 is 0 Å². The molecule has 3 rings (SSSR count). The number of nitrogens with zero attached hydrogens (tertiary/aromatic N) is 2. The number of hydrogen-bond acceptors (Lipinski definition) is 3. The summed E-state index contributed by atoms with van der Waals surface area (Å²) in [6, 6.07) is 5.79. The first kappa shape index (κ1) is 18.4. The van der Waals surface area contributed by atoms with Crippen molar-refractivity contribution < 1.29 is 14.4 Å². The van der Waals surface area contributed by atoms with Crippen LogP contribution in [0.4, 0.5) is 11.4 Å². The van der Waals surface area contributed by atoms with E-state index in [4.69, 9.17) is 0 Å². The van der Waals surface area contributed by atoms with Crippen LogP contribution in [0.15, 0.2) is 18.2 Å². The monoisotopic (exact) mass is 357 g/mol. The minimum absolute atomic E-state index is 0.0193. The molecule has 0 aromatic heterocycles. The molecule has 140 valence electrons. The second-order valence-corrected chi connectivity index (χ2v) is 7.51. The normalized spacial score (nSPS) is 19.2. The molecule has 0 aliphatic carbocycles. The summed E-state index contributed by atoms with van der Waals surface area (Å²) in [5, 5.41) is 2.92. The van der Waals surface area contributed by atoms with Gasteiger partial charge in [-0.3, -0.25) is 14.4 Å². The lowest BCUT2D eigenvalue weighted by Gasteiger charge is -2.20. The number of benzene rings is 1. The summed E-state index contributed by atoms with van der Waals surface area (Å²) < 4.78 is 0. The van der Waals surface area contributed by atoms with E-state index in [1.165, 1.54) is 0 Å². The molecule has 2 aliphatic heterocycles. The van der Waals surface area contributed by atoms with Gasteiger partial charge in [-0.15, -0.1) is 0 Å². The molecule has 0 spiro atoms. The molecule has 0 unspecified atom stereocenters. The fourth-order valence-electron chi connectivity index (χ4n) is 3.59. The van der Waals surface area contributed by atoms with Crippen LogP contribution >= 0.6 is 0 Å². The van der Waals surface area contributed by atoms with Crippen molar-refractivity contribution in [1.82, 2.24) is 5.32 Å². The van der Waals surface area contributed by atoms with Crippen molar-refractivity contribution in [1.29, 1.82) is 0 Å². The molecule has 6 heteroatoms. The van der Waals surface area contributed by atoms with Gasteiger partial charge in [-0.2, -0.15) is 0 Å². The second kappa shape index (κ2) is 7.48. The number of amides is 3. The fraction of sp³-hybridized carbons (Fsp3) is 0.550. The summed E-state index contributed by atoms with van der Waals surface area (Å²) >= 11 is 0. The first-order chi connectivity index (χ1) is 12.4. The summed E-state index contributed by atoms with van der Waals surface area (Å²) in [7, 11) is 0. The van der Waals surface area contributed by atoms with Gasteiger partial charge in [0.1, 0.15) is 0 Å². The Morgan fingerprint density at radius 3 is 2.77 bits per heavy atom. The Hall–Kier alpha value is -2.37. The molecule has 26 heavy (non-hydrogen) atoms. The van der Waals surface area contributed by atoms with E-state index in [0.29, 0.717) is 32.0 Å². The van der Waals surface area contributed by atoms with Crippen LogP contribution in [0.25, 0.3) is 0 Å². The Morgan fingerprint density at radius 1 is 1.31 bits per heavy atom. The lowest BCUT2D eigenvalue weighted by molar-refractivity contribution is -0.126. The minimum atomic E-state index is -0.298. The molecule has 2 aliphatic rings. The molecule has 6 nitrogen and oxygen atoms in total. The number of carbonyl (C=O) groups is 3. The van der Waals surface area contributed by atoms with E-state index in [1.807, 2.05) is 43.9 Å². The predicted octanol–water partition coefficient (Wildman–Crippen LogP) is 2.11. The van der Waals surface area contributed by atoms with Crippen LogP contribution in [0, 0.1) is 11.8 Å². The molecule has 1 aromatic carbocycles. The highest BCUT2D eigenvalue weighted by atomic mass is 16.2. The average Bonchev–Trinajstić information content (AvgIpc) is 3.21. The lowest BCUT2D eigenvalue weighted by Crippen LogP contribution is -2.35. The molecule has 1 fully saturated rings. The summed E-state index contributed by atoms with van der Waals surface area (Å²) in [6.45, 7) is 7.69. The van der Waals surface area contributed by atoms with E-state index in [2.05, 4.69) is 5.32 Å². The van der Waals surface area contributed by atoms with Crippen LogP contribution in [-0.4, -0.2) is 37.4 Å². The summed E-state index contributed by atoms with van der Waals surface area (Å²) in [5.41, 5.74) is 2.85. The molecule has 0 bridgehead atoms. The van der Waals surface area contributed by atoms with Gasteiger partial charge in [0, 0.05) is 43.9 Å². The van der Waals surface area contributed by atoms with Crippen molar-refractivity contribution in [2.24, 2.45) is 11.8 Å². The molecular weight excluding hydrogens is 330 g/mol. The van der Waals surface area contributed by atoms with E-state index in [-0.39, 0.29) is 30.1 Å². The van der Waals surface area contributed by atoms with Gasteiger partial charge >= 0.3 is 0 Å². The zero-order valence-corrected chi connectivity index (χ0v) is 15.7. The quantitative estimate of drug-likeness (QED) is 0.877. The minimum Gasteiger partial charge on any atom is -0.356 e. The number of fused-ring (bicyclic) bond motifs is 1. The number of nitrogens with one attached hydrogen (secondary N) is 1. The SMILES string of the molecule is CCC(=O)N1CCc2cc(N3C[C@H](C(=O)NCC(C)C)CC3=O)ccc21. The maximum absolute atomic E-state index is 12.4. The maximum Gasteiger partial charge on any atom is 0.227 e. The molecule has 1 N–H and O–H groups in total. The van der Waals surface area contributed by atoms with Crippen LogP contribution in [0.2, 0.25) is 0 Å². The topological polar surface area (TPSA) is 69.7 Å². The Labute approximate surface area is 154 Å². The number of carbonyl (C=O) groups excluding carboxylic acids is 3. The maximum atomic E-state index is 12.4. The first-order valence-corrected chi connectivity index (χ1v) is 9.42. The van der Waals surface area contributed by atoms with Crippen LogP contribution in [0.5, 0.6) is 0 Å². The summed E-state index contributed by atoms with van der Waals surface area (Å²) in [5.74, 6) is 0.144. The zero-order chi connectivity index (χ0) is 18.8. The fourth-order valence-corrected chi connectivity index (χ4v) is 3.59. The van der Waals surface area contributed by atoms with E-state index in [1.54, 1.807) is 4.90 Å². The van der Waals surface area contributed by atoms with Gasteiger partial charge in [0.25, 0.3) is 0 Å². The lowest BCUT2D eigenvalue weighted by atomic mass is 10.1. The highest BCUT2D eigenvalue weighted by Gasteiger charge is 2.35. The average molecular weight is 357 g/mol. The highest BCUT2D eigenvalue weighted by Crippen LogP contribution is 2.34. The largest absolute Gasteiger partial charge is 0.356 e. The van der Waals surface area contributed by atoms with Gasteiger partial charge in [-0.05, 0) is 36.1 Å². The number of anilines is 2. The van der Waals surface area contributed by atoms with Crippen LogP contribution in [0.1, 0.15) is 39.2 Å². The third kappa shape index (κ3) is 3.59. The van der Waals surface area contributed by atoms with Gasteiger partial charge < -0.3 is 15.1 Å².